The van der Waals surface area contributed by atoms with Gasteiger partial charge in [-0.15, -0.1) is 0 Å². The zero-order valence-electron chi connectivity index (χ0n) is 13.6. The van der Waals surface area contributed by atoms with E-state index < -0.39 is 0 Å². The summed E-state index contributed by atoms with van der Waals surface area (Å²) >= 11 is 0. The molecule has 0 aliphatic rings. The van der Waals surface area contributed by atoms with Crippen molar-refractivity contribution in [1.29, 1.82) is 0 Å². The van der Waals surface area contributed by atoms with Gasteiger partial charge in [-0.3, -0.25) is 4.99 Å². The molecule has 0 heterocycles. The smallest absolute Gasteiger partial charge is 0.124 e. The van der Waals surface area contributed by atoms with Crippen LogP contribution in [-0.2, 0) is 0 Å². The van der Waals surface area contributed by atoms with Gasteiger partial charge < -0.3 is 5.11 Å². The Bertz CT molecular complexity index is 1030. The third-order valence-corrected chi connectivity index (χ3v) is 4.26. The number of hydrogen-bond donors (Lipinski definition) is 1. The van der Waals surface area contributed by atoms with Gasteiger partial charge in [0.05, 0.1) is 5.69 Å². The van der Waals surface area contributed by atoms with Crippen LogP contribution in [0.4, 0.5) is 5.69 Å². The highest BCUT2D eigenvalue weighted by atomic mass is 16.3. The van der Waals surface area contributed by atoms with E-state index in [-0.39, 0.29) is 5.75 Å². The first kappa shape index (κ1) is 15.2. The Morgan fingerprint density at radius 1 is 0.640 bits per heavy atom. The Labute approximate surface area is 146 Å². The van der Waals surface area contributed by atoms with Crippen LogP contribution in [0.3, 0.4) is 0 Å². The number of benzene rings is 4. The number of phenols is 1. The summed E-state index contributed by atoms with van der Waals surface area (Å²) in [5, 5.41) is 12.3. The van der Waals surface area contributed by atoms with Gasteiger partial charge in [0.2, 0.25) is 0 Å². The van der Waals surface area contributed by atoms with Crippen molar-refractivity contribution in [3.05, 3.63) is 96.6 Å². The summed E-state index contributed by atoms with van der Waals surface area (Å²) in [5.74, 6) is 0.239. The molecule has 0 aliphatic carbocycles. The molecule has 120 valence electrons. The highest BCUT2D eigenvalue weighted by Gasteiger charge is 2.04. The predicted octanol–water partition coefficient (Wildman–Crippen LogP) is 5.96. The largest absolute Gasteiger partial charge is 0.507 e. The molecule has 4 aromatic rings. The minimum atomic E-state index is 0.239. The summed E-state index contributed by atoms with van der Waals surface area (Å²) in [6.07, 6.45) is 1.73. The van der Waals surface area contributed by atoms with Crippen molar-refractivity contribution in [2.24, 2.45) is 4.99 Å². The number of nitrogens with zero attached hydrogens (tertiary/aromatic N) is 1. The van der Waals surface area contributed by atoms with Crippen molar-refractivity contribution in [2.45, 2.75) is 0 Å². The zero-order chi connectivity index (χ0) is 17.1. The van der Waals surface area contributed by atoms with Crippen molar-refractivity contribution in [2.75, 3.05) is 0 Å². The summed E-state index contributed by atoms with van der Waals surface area (Å²) in [6.45, 7) is 0. The maximum absolute atomic E-state index is 10.2. The van der Waals surface area contributed by atoms with Crippen LogP contribution < -0.4 is 0 Å². The molecule has 0 atom stereocenters. The number of rotatable bonds is 3. The monoisotopic (exact) mass is 323 g/mol. The highest BCUT2D eigenvalue weighted by molar-refractivity contribution is 6.03. The number of aliphatic imine (C=N–C) groups is 1. The van der Waals surface area contributed by atoms with Crippen molar-refractivity contribution in [3.8, 4) is 16.9 Å². The maximum Gasteiger partial charge on any atom is 0.124 e. The molecule has 0 aromatic heterocycles. The van der Waals surface area contributed by atoms with Crippen LogP contribution in [0.15, 0.2) is 96.0 Å². The van der Waals surface area contributed by atoms with Crippen LogP contribution in [0.25, 0.3) is 21.9 Å². The number of phenolic OH excluding ortho intramolecular Hbond substituents is 1. The van der Waals surface area contributed by atoms with E-state index in [9.17, 15) is 5.11 Å². The number of aromatic hydroxyl groups is 1. The fourth-order valence-electron chi connectivity index (χ4n) is 2.93. The molecular weight excluding hydrogens is 306 g/mol. The van der Waals surface area contributed by atoms with Gasteiger partial charge >= 0.3 is 0 Å². The van der Waals surface area contributed by atoms with Gasteiger partial charge in [0.1, 0.15) is 5.75 Å². The molecule has 0 bridgehead atoms. The van der Waals surface area contributed by atoms with Gasteiger partial charge in [-0.05, 0) is 40.1 Å². The second-order valence-corrected chi connectivity index (χ2v) is 5.89. The third-order valence-electron chi connectivity index (χ3n) is 4.26. The fourth-order valence-corrected chi connectivity index (χ4v) is 2.93. The molecule has 4 rings (SSSR count). The number of hydrogen-bond acceptors (Lipinski definition) is 2. The summed E-state index contributed by atoms with van der Waals surface area (Å²) in [4.78, 5) is 4.54. The van der Waals surface area contributed by atoms with Crippen molar-refractivity contribution in [1.82, 2.24) is 0 Å². The lowest BCUT2D eigenvalue weighted by Crippen LogP contribution is -1.85. The number of fused-ring (bicyclic) bond motifs is 1. The molecule has 0 aliphatic heterocycles. The topological polar surface area (TPSA) is 32.6 Å². The lowest BCUT2D eigenvalue weighted by atomic mass is 10.0. The molecule has 0 spiro atoms. The molecule has 2 nitrogen and oxygen atoms in total. The van der Waals surface area contributed by atoms with Crippen LogP contribution in [0.1, 0.15) is 5.56 Å². The SMILES string of the molecule is Oc1ccc2ccccc2c1C=Nc1ccc(-c2ccccc2)cc1. The van der Waals surface area contributed by atoms with Gasteiger partial charge in [0, 0.05) is 11.8 Å². The van der Waals surface area contributed by atoms with E-state index >= 15 is 0 Å². The van der Waals surface area contributed by atoms with E-state index in [4.69, 9.17) is 0 Å². The predicted molar refractivity (Wildman–Crippen MR) is 105 cm³/mol. The molecule has 4 aromatic carbocycles. The first-order valence-electron chi connectivity index (χ1n) is 8.21. The van der Waals surface area contributed by atoms with Crippen LogP contribution in [0, 0.1) is 0 Å². The van der Waals surface area contributed by atoms with Gasteiger partial charge in [-0.2, -0.15) is 0 Å². The maximum atomic E-state index is 10.2. The second kappa shape index (κ2) is 6.62. The van der Waals surface area contributed by atoms with Crippen molar-refractivity contribution < 1.29 is 5.11 Å². The Balaban J connectivity index is 1.66. The molecule has 0 radical (unpaired) electrons. The summed E-state index contributed by atoms with van der Waals surface area (Å²) < 4.78 is 0. The van der Waals surface area contributed by atoms with Crippen LogP contribution in [-0.4, -0.2) is 11.3 Å². The van der Waals surface area contributed by atoms with Crippen LogP contribution >= 0.6 is 0 Å². The fraction of sp³-hybridized carbons (Fsp3) is 0. The quantitative estimate of drug-likeness (QED) is 0.463. The van der Waals surface area contributed by atoms with Crippen LogP contribution in [0.5, 0.6) is 5.75 Å². The molecule has 0 amide bonds. The van der Waals surface area contributed by atoms with Gasteiger partial charge in [0.25, 0.3) is 0 Å². The minimum absolute atomic E-state index is 0.239. The Morgan fingerprint density at radius 3 is 2.12 bits per heavy atom. The Morgan fingerprint density at radius 2 is 1.32 bits per heavy atom. The van der Waals surface area contributed by atoms with E-state index in [0.29, 0.717) is 0 Å². The van der Waals surface area contributed by atoms with Gasteiger partial charge in [-0.1, -0.05) is 72.8 Å². The average molecular weight is 323 g/mol. The van der Waals surface area contributed by atoms with Gasteiger partial charge in [0.15, 0.2) is 0 Å². The van der Waals surface area contributed by atoms with Gasteiger partial charge in [-0.25, -0.2) is 0 Å². The molecule has 25 heavy (non-hydrogen) atoms. The normalized spacial score (nSPS) is 11.2. The van der Waals surface area contributed by atoms with E-state index in [1.807, 2.05) is 60.7 Å². The molecular formula is C23H17NO. The Hall–Kier alpha value is -3.39. The van der Waals surface area contributed by atoms with Crippen LogP contribution in [0.2, 0.25) is 0 Å². The molecule has 0 fully saturated rings. The van der Waals surface area contributed by atoms with E-state index in [0.717, 1.165) is 27.6 Å². The molecule has 1 N–H and O–H groups in total. The lowest BCUT2D eigenvalue weighted by Gasteiger charge is -2.05. The second-order valence-electron chi connectivity index (χ2n) is 5.89. The lowest BCUT2D eigenvalue weighted by molar-refractivity contribution is 0.475. The average Bonchev–Trinajstić information content (AvgIpc) is 2.68. The highest BCUT2D eigenvalue weighted by Crippen LogP contribution is 2.27. The molecule has 0 saturated heterocycles. The first-order valence-corrected chi connectivity index (χ1v) is 8.21. The van der Waals surface area contributed by atoms with E-state index in [1.165, 1.54) is 5.56 Å². The first-order chi connectivity index (χ1) is 12.3. The minimum Gasteiger partial charge on any atom is -0.507 e. The van der Waals surface area contributed by atoms with Crippen molar-refractivity contribution >= 4 is 22.7 Å². The summed E-state index contributed by atoms with van der Waals surface area (Å²) in [7, 11) is 0. The van der Waals surface area contributed by atoms with Crippen molar-refractivity contribution in [3.63, 3.8) is 0 Å². The Kier molecular flexibility index (Phi) is 4.01. The summed E-state index contributed by atoms with van der Waals surface area (Å²) in [5.41, 5.74) is 3.94. The third kappa shape index (κ3) is 3.15. The summed E-state index contributed by atoms with van der Waals surface area (Å²) in [6, 6.07) is 30.0. The zero-order valence-corrected chi connectivity index (χ0v) is 13.6. The van der Waals surface area contributed by atoms with E-state index in [2.05, 4.69) is 29.3 Å². The van der Waals surface area contributed by atoms with E-state index in [1.54, 1.807) is 12.3 Å². The standard InChI is InChI=1S/C23H17NO/c25-23-15-12-19-8-4-5-9-21(19)22(23)16-24-20-13-10-18(11-14-20)17-6-2-1-3-7-17/h1-16,25H. The molecule has 0 unspecified atom stereocenters. The molecule has 0 saturated carbocycles. The molecule has 2 heteroatoms.